The van der Waals surface area contributed by atoms with E-state index in [4.69, 9.17) is 14.0 Å². The van der Waals surface area contributed by atoms with Crippen LogP contribution in [-0.2, 0) is 50.1 Å². The molecule has 10 nitrogen and oxygen atoms in total. The third-order valence-electron chi connectivity index (χ3n) is 1.92. The summed E-state index contributed by atoms with van der Waals surface area (Å²) in [4.78, 5) is 32.2. The zero-order valence-corrected chi connectivity index (χ0v) is 13.7. The van der Waals surface area contributed by atoms with Crippen LogP contribution < -0.4 is 0 Å². The molecule has 3 radical (unpaired) electrons. The number of hydrogen-bond acceptors (Lipinski definition) is 6. The van der Waals surface area contributed by atoms with Crippen LogP contribution in [0.1, 0.15) is 0 Å². The molecule has 24 heavy (non-hydrogen) atoms. The second-order valence-electron chi connectivity index (χ2n) is 2.95. The van der Waals surface area contributed by atoms with Crippen LogP contribution in [0.25, 0.3) is 0 Å². The second-order valence-corrected chi connectivity index (χ2v) is 2.95. The molecular formula is C13H13FeNO9+. The van der Waals surface area contributed by atoms with Gasteiger partial charge >= 0.3 is 56.9 Å². The Bertz CT molecular complexity index is 392. The normalized spacial score (nSPS) is 9.71. The van der Waals surface area contributed by atoms with Gasteiger partial charge in [0.25, 0.3) is 6.04 Å². The molecule has 0 saturated carbocycles. The maximum Gasteiger partial charge on any atom is 2.00 e. The van der Waals surface area contributed by atoms with Gasteiger partial charge in [-0.3, -0.25) is 21.3 Å². The smallest absolute Gasteiger partial charge is 0.491 e. The van der Waals surface area contributed by atoms with Crippen LogP contribution in [0.3, 0.4) is 0 Å². The molecule has 0 aliphatic rings. The van der Waals surface area contributed by atoms with Crippen LogP contribution in [0, 0.1) is 62.2 Å². The number of methoxy groups -OCH3 is 2. The van der Waals surface area contributed by atoms with Gasteiger partial charge in [-0.2, -0.15) is 0 Å². The molecule has 0 rings (SSSR count). The van der Waals surface area contributed by atoms with E-state index < -0.39 is 28.8 Å². The van der Waals surface area contributed by atoms with Gasteiger partial charge in [0.15, 0.2) is 5.97 Å². The summed E-state index contributed by atoms with van der Waals surface area (Å²) >= 11 is 0. The van der Waals surface area contributed by atoms with Crippen molar-refractivity contribution >= 4 is 11.9 Å². The fraction of sp³-hybridized carbons (Fsp3) is 0.308. The van der Waals surface area contributed by atoms with E-state index in [0.717, 1.165) is 20.6 Å². The van der Waals surface area contributed by atoms with Crippen LogP contribution in [-0.4, -0.2) is 37.1 Å². The Morgan fingerprint density at radius 3 is 1.83 bits per heavy atom. The van der Waals surface area contributed by atoms with Crippen molar-refractivity contribution in [2.75, 3.05) is 14.2 Å². The van der Waals surface area contributed by atoms with Gasteiger partial charge in [-0.25, -0.2) is 4.79 Å². The molecule has 0 aliphatic carbocycles. The standard InChI is InChI=1S/C10H13NO6.3CO.Fe/c1-4-5-7(6-8(12)16-2)9(11(14)15)10(13)17-3;3*1-2;/h4-7,9H,1H2,2-3H3;;;;/q-1;;;;+2/t7-,9-;;;;/m0..../s1. The molecule has 0 fully saturated rings. The van der Waals surface area contributed by atoms with Crippen molar-refractivity contribution in [3.8, 4) is 0 Å². The van der Waals surface area contributed by atoms with Crippen molar-refractivity contribution in [1.29, 1.82) is 0 Å². The van der Waals surface area contributed by atoms with Gasteiger partial charge in [-0.15, -0.1) is 0 Å². The van der Waals surface area contributed by atoms with Crippen molar-refractivity contribution in [1.82, 2.24) is 0 Å². The van der Waals surface area contributed by atoms with Gasteiger partial charge in [0, 0.05) is 4.92 Å². The number of nitrogens with zero attached hydrogens (tertiary/aromatic N) is 1. The molecule has 0 unspecified atom stereocenters. The summed E-state index contributed by atoms with van der Waals surface area (Å²) < 4.78 is 31.2. The third-order valence-corrected chi connectivity index (χ3v) is 1.92. The van der Waals surface area contributed by atoms with Gasteiger partial charge in [0.2, 0.25) is 0 Å². The molecule has 0 spiro atoms. The van der Waals surface area contributed by atoms with E-state index in [0.29, 0.717) is 0 Å². The Morgan fingerprint density at radius 1 is 1.17 bits per heavy atom. The quantitative estimate of drug-likeness (QED) is 0.150. The average Bonchev–Trinajstić information content (AvgIpc) is 2.59. The Morgan fingerprint density at radius 2 is 1.58 bits per heavy atom. The molecule has 0 amide bonds. The van der Waals surface area contributed by atoms with E-state index in [2.05, 4.69) is 36.3 Å². The van der Waals surface area contributed by atoms with E-state index in [1.807, 2.05) is 0 Å². The summed E-state index contributed by atoms with van der Waals surface area (Å²) in [7, 11) is 2.16. The van der Waals surface area contributed by atoms with Gasteiger partial charge in [0.1, 0.15) is 0 Å². The van der Waals surface area contributed by atoms with E-state index in [-0.39, 0.29) is 17.1 Å². The van der Waals surface area contributed by atoms with Gasteiger partial charge in [-0.05, 0) is 13.3 Å². The molecule has 0 N–H and O–H groups in total. The molecule has 2 atom stereocenters. The topological polar surface area (TPSA) is 155 Å². The SMILES string of the molecule is [C-]#[O+].[C-]#[O+].[C-]#[O+].[CH2][CH][CH][C@@H]([CH-]C(=O)OC)[C@@H](C(=O)OC)[N+](=O)[O-].[Fe+2]. The molecule has 131 valence electrons. The minimum atomic E-state index is -1.70. The zero-order valence-electron chi connectivity index (χ0n) is 12.6. The fourth-order valence-corrected chi connectivity index (χ4v) is 1.14. The molecule has 0 aromatic heterocycles. The van der Waals surface area contributed by atoms with Crippen molar-refractivity contribution in [3.05, 3.63) is 56.3 Å². The van der Waals surface area contributed by atoms with Crippen molar-refractivity contribution in [2.45, 2.75) is 6.04 Å². The molecular weight excluding hydrogens is 370 g/mol. The summed E-state index contributed by atoms with van der Waals surface area (Å²) in [5, 5.41) is 10.8. The summed E-state index contributed by atoms with van der Waals surface area (Å²) in [6.07, 6.45) is 3.43. The Labute approximate surface area is 150 Å². The number of rotatable bonds is 7. The van der Waals surface area contributed by atoms with Crippen LogP contribution in [0.2, 0.25) is 0 Å². The number of carbonyl (C=O) groups excluding carboxylic acids is 2. The third kappa shape index (κ3) is 16.3. The molecule has 0 aromatic carbocycles. The van der Waals surface area contributed by atoms with Crippen molar-refractivity contribution in [3.63, 3.8) is 0 Å². The van der Waals surface area contributed by atoms with Crippen LogP contribution in [0.15, 0.2) is 0 Å². The van der Waals surface area contributed by atoms with E-state index >= 15 is 0 Å². The Balaban J connectivity index is -0.000000153. The largest absolute Gasteiger partial charge is 2.00 e. The first kappa shape index (κ1) is 33.5. The fourth-order valence-electron chi connectivity index (χ4n) is 1.14. The number of hydrogen-bond donors (Lipinski definition) is 0. The maximum absolute atomic E-state index is 11.2. The average molecular weight is 383 g/mol. The van der Waals surface area contributed by atoms with Crippen LogP contribution >= 0.6 is 0 Å². The first-order chi connectivity index (χ1) is 11.0. The summed E-state index contributed by atoms with van der Waals surface area (Å²) in [6.45, 7) is 16.9. The number of nitro groups is 1. The Hall–Kier alpha value is -2.05. The molecule has 0 bridgehead atoms. The maximum atomic E-state index is 11.2. The molecule has 0 aromatic rings. The van der Waals surface area contributed by atoms with Crippen molar-refractivity contribution in [2.24, 2.45) is 5.92 Å². The number of esters is 2. The van der Waals surface area contributed by atoms with E-state index in [1.54, 1.807) is 0 Å². The van der Waals surface area contributed by atoms with Crippen LogP contribution in [0.4, 0.5) is 0 Å². The van der Waals surface area contributed by atoms with E-state index in [9.17, 15) is 19.7 Å². The predicted molar refractivity (Wildman–Crippen MR) is 68.3 cm³/mol. The molecule has 0 heterocycles. The van der Waals surface area contributed by atoms with Gasteiger partial charge < -0.3 is 9.47 Å². The predicted octanol–water partition coefficient (Wildman–Crippen LogP) is -0.0742. The first-order valence-electron chi connectivity index (χ1n) is 5.19. The second kappa shape index (κ2) is 25.9. The number of carbonyl (C=O) groups is 2. The van der Waals surface area contributed by atoms with Gasteiger partial charge in [0.05, 0.1) is 14.2 Å². The monoisotopic (exact) mass is 383 g/mol. The minimum absolute atomic E-state index is 0. The Kier molecular flexibility index (Phi) is 36.2. The molecule has 11 heteroatoms. The number of ether oxygens (including phenoxy) is 2. The van der Waals surface area contributed by atoms with Gasteiger partial charge in [-0.1, -0.05) is 12.3 Å². The summed E-state index contributed by atoms with van der Waals surface area (Å²) in [6, 6.07) is -1.70. The zero-order chi connectivity index (χ0) is 19.4. The summed E-state index contributed by atoms with van der Waals surface area (Å²) in [5.41, 5.74) is 0. The summed E-state index contributed by atoms with van der Waals surface area (Å²) in [5.74, 6) is -2.88. The first-order valence-corrected chi connectivity index (χ1v) is 5.19. The minimum Gasteiger partial charge on any atom is -0.491 e. The van der Waals surface area contributed by atoms with Crippen LogP contribution in [0.5, 0.6) is 0 Å². The van der Waals surface area contributed by atoms with Crippen molar-refractivity contribution < 1.29 is 55.0 Å². The molecule has 0 aliphatic heterocycles. The molecule has 0 saturated heterocycles. The van der Waals surface area contributed by atoms with E-state index in [1.165, 1.54) is 12.8 Å².